The molecule has 0 amide bonds. The summed E-state index contributed by atoms with van der Waals surface area (Å²) in [5, 5.41) is 0.673. The fraction of sp³-hybridized carbons (Fsp3) is 0.368. The van der Waals surface area contributed by atoms with Crippen molar-refractivity contribution in [1.82, 2.24) is 4.90 Å². The SMILES string of the molecule is CC1(Oc2ccc(Cl)cc2)CCN(CCOc2cc(F)ccc2F)C1. The Balaban J connectivity index is 1.49. The predicted octanol–water partition coefficient (Wildman–Crippen LogP) is 4.54. The Morgan fingerprint density at radius 1 is 1.16 bits per heavy atom. The molecule has 0 radical (unpaired) electrons. The number of benzene rings is 2. The lowest BCUT2D eigenvalue weighted by Crippen LogP contribution is -2.37. The van der Waals surface area contributed by atoms with Crippen LogP contribution in [0.4, 0.5) is 8.78 Å². The molecule has 1 aliphatic heterocycles. The number of ether oxygens (including phenoxy) is 2. The van der Waals surface area contributed by atoms with Gasteiger partial charge in [0.05, 0.1) is 0 Å². The number of hydrogen-bond donors (Lipinski definition) is 0. The first-order valence-corrected chi connectivity index (χ1v) is 8.56. The van der Waals surface area contributed by atoms with Crippen molar-refractivity contribution in [2.24, 2.45) is 0 Å². The molecule has 0 bridgehead atoms. The van der Waals surface area contributed by atoms with E-state index in [4.69, 9.17) is 21.1 Å². The second-order valence-corrected chi connectivity index (χ2v) is 6.89. The summed E-state index contributed by atoms with van der Waals surface area (Å²) < 4.78 is 38.1. The molecule has 25 heavy (non-hydrogen) atoms. The molecule has 0 N–H and O–H groups in total. The summed E-state index contributed by atoms with van der Waals surface area (Å²) in [6.07, 6.45) is 0.879. The summed E-state index contributed by atoms with van der Waals surface area (Å²) in [4.78, 5) is 2.19. The van der Waals surface area contributed by atoms with Crippen molar-refractivity contribution in [3.63, 3.8) is 0 Å². The Hall–Kier alpha value is -1.85. The second kappa shape index (κ2) is 7.58. The topological polar surface area (TPSA) is 21.7 Å². The molecule has 2 aromatic rings. The third kappa shape index (κ3) is 4.83. The van der Waals surface area contributed by atoms with Crippen molar-refractivity contribution < 1.29 is 18.3 Å². The van der Waals surface area contributed by atoms with E-state index in [1.54, 1.807) is 12.1 Å². The van der Waals surface area contributed by atoms with Crippen LogP contribution < -0.4 is 9.47 Å². The maximum Gasteiger partial charge on any atom is 0.165 e. The van der Waals surface area contributed by atoms with Crippen LogP contribution in [0.3, 0.4) is 0 Å². The van der Waals surface area contributed by atoms with E-state index >= 15 is 0 Å². The summed E-state index contributed by atoms with van der Waals surface area (Å²) in [5.41, 5.74) is -0.294. The lowest BCUT2D eigenvalue weighted by Gasteiger charge is -2.26. The zero-order valence-corrected chi connectivity index (χ0v) is 14.7. The molecular weight excluding hydrogens is 348 g/mol. The summed E-state index contributed by atoms with van der Waals surface area (Å²) in [7, 11) is 0. The van der Waals surface area contributed by atoms with Crippen molar-refractivity contribution >= 4 is 11.6 Å². The molecule has 1 aliphatic rings. The molecule has 6 heteroatoms. The van der Waals surface area contributed by atoms with Crippen molar-refractivity contribution in [2.45, 2.75) is 18.9 Å². The average molecular weight is 368 g/mol. The average Bonchev–Trinajstić information content (AvgIpc) is 2.94. The first-order chi connectivity index (χ1) is 11.9. The first kappa shape index (κ1) is 18.0. The molecule has 1 heterocycles. The van der Waals surface area contributed by atoms with Crippen LogP contribution in [0.15, 0.2) is 42.5 Å². The van der Waals surface area contributed by atoms with Crippen molar-refractivity contribution in [3.05, 3.63) is 59.1 Å². The predicted molar refractivity (Wildman–Crippen MR) is 93.4 cm³/mol. The molecule has 1 saturated heterocycles. The van der Waals surface area contributed by atoms with Gasteiger partial charge >= 0.3 is 0 Å². The van der Waals surface area contributed by atoms with Gasteiger partial charge in [-0.25, -0.2) is 8.78 Å². The molecule has 3 nitrogen and oxygen atoms in total. The van der Waals surface area contributed by atoms with Gasteiger partial charge < -0.3 is 9.47 Å². The van der Waals surface area contributed by atoms with Gasteiger partial charge in [-0.15, -0.1) is 0 Å². The van der Waals surface area contributed by atoms with E-state index in [1.807, 2.05) is 12.1 Å². The Labute approximate surface area is 151 Å². The third-order valence-electron chi connectivity index (χ3n) is 4.25. The summed E-state index contributed by atoms with van der Waals surface area (Å²) in [6.45, 7) is 4.57. The minimum absolute atomic E-state index is 0.0561. The van der Waals surface area contributed by atoms with Crippen LogP contribution >= 0.6 is 11.6 Å². The third-order valence-corrected chi connectivity index (χ3v) is 4.50. The van der Waals surface area contributed by atoms with E-state index in [1.165, 1.54) is 0 Å². The molecule has 1 atom stereocenters. The molecule has 0 aliphatic carbocycles. The van der Waals surface area contributed by atoms with E-state index in [0.717, 1.165) is 43.5 Å². The molecule has 134 valence electrons. The van der Waals surface area contributed by atoms with Crippen molar-refractivity contribution in [1.29, 1.82) is 0 Å². The minimum Gasteiger partial charge on any atom is -0.489 e. The van der Waals surface area contributed by atoms with Crippen LogP contribution in [0.1, 0.15) is 13.3 Å². The van der Waals surface area contributed by atoms with Gasteiger partial charge in [-0.2, -0.15) is 0 Å². The molecular formula is C19H20ClF2NO2. The zero-order valence-electron chi connectivity index (χ0n) is 14.0. The highest BCUT2D eigenvalue weighted by atomic mass is 35.5. The van der Waals surface area contributed by atoms with Crippen LogP contribution in [-0.4, -0.2) is 36.7 Å². The summed E-state index contributed by atoms with van der Waals surface area (Å²) in [6, 6.07) is 10.5. The van der Waals surface area contributed by atoms with Crippen LogP contribution in [0, 0.1) is 11.6 Å². The molecule has 2 aromatic carbocycles. The summed E-state index contributed by atoms with van der Waals surface area (Å²) in [5.74, 6) is -0.341. The Bertz CT molecular complexity index is 726. The fourth-order valence-corrected chi connectivity index (χ4v) is 3.09. The molecule has 1 unspecified atom stereocenters. The van der Waals surface area contributed by atoms with E-state index in [0.29, 0.717) is 11.6 Å². The number of rotatable bonds is 6. The lowest BCUT2D eigenvalue weighted by atomic mass is 10.1. The fourth-order valence-electron chi connectivity index (χ4n) is 2.96. The van der Waals surface area contributed by atoms with Gasteiger partial charge in [0.25, 0.3) is 0 Å². The number of halogens is 3. The summed E-state index contributed by atoms with van der Waals surface area (Å²) >= 11 is 5.89. The van der Waals surface area contributed by atoms with Gasteiger partial charge in [-0.3, -0.25) is 4.90 Å². The quantitative estimate of drug-likeness (QED) is 0.748. The molecule has 0 saturated carbocycles. The number of nitrogens with zero attached hydrogens (tertiary/aromatic N) is 1. The standard InChI is InChI=1S/C19H20ClF2NO2/c1-19(25-16-5-2-14(20)3-6-16)8-9-23(13-19)10-11-24-18-12-15(21)4-7-17(18)22/h2-7,12H,8-11,13H2,1H3. The zero-order chi connectivity index (χ0) is 17.9. The highest BCUT2D eigenvalue weighted by Crippen LogP contribution is 2.28. The molecule has 0 spiro atoms. The van der Waals surface area contributed by atoms with E-state index in [2.05, 4.69) is 11.8 Å². The van der Waals surface area contributed by atoms with Gasteiger partial charge in [0.15, 0.2) is 11.6 Å². The Kier molecular flexibility index (Phi) is 5.45. The molecule has 0 aromatic heterocycles. The van der Waals surface area contributed by atoms with Crippen LogP contribution in [0.25, 0.3) is 0 Å². The van der Waals surface area contributed by atoms with E-state index < -0.39 is 11.6 Å². The van der Waals surface area contributed by atoms with Crippen LogP contribution in [0.5, 0.6) is 11.5 Å². The second-order valence-electron chi connectivity index (χ2n) is 6.46. The van der Waals surface area contributed by atoms with Gasteiger partial charge in [-0.05, 0) is 43.3 Å². The highest BCUT2D eigenvalue weighted by Gasteiger charge is 2.35. The van der Waals surface area contributed by atoms with Gasteiger partial charge in [0, 0.05) is 37.1 Å². The van der Waals surface area contributed by atoms with E-state index in [-0.39, 0.29) is 18.0 Å². The maximum absolute atomic E-state index is 13.5. The smallest absolute Gasteiger partial charge is 0.165 e. The minimum atomic E-state index is -0.557. The van der Waals surface area contributed by atoms with Gasteiger partial charge in [0.1, 0.15) is 23.8 Å². The molecule has 3 rings (SSSR count). The molecule has 1 fully saturated rings. The normalized spacial score (nSPS) is 20.6. The first-order valence-electron chi connectivity index (χ1n) is 8.18. The monoisotopic (exact) mass is 367 g/mol. The van der Waals surface area contributed by atoms with Crippen LogP contribution in [-0.2, 0) is 0 Å². The van der Waals surface area contributed by atoms with Crippen molar-refractivity contribution in [3.8, 4) is 11.5 Å². The maximum atomic E-state index is 13.5. The largest absolute Gasteiger partial charge is 0.489 e. The van der Waals surface area contributed by atoms with E-state index in [9.17, 15) is 8.78 Å². The Morgan fingerprint density at radius 2 is 1.92 bits per heavy atom. The Morgan fingerprint density at radius 3 is 2.68 bits per heavy atom. The van der Waals surface area contributed by atoms with Gasteiger partial charge in [0.2, 0.25) is 0 Å². The van der Waals surface area contributed by atoms with Gasteiger partial charge in [-0.1, -0.05) is 11.6 Å². The number of likely N-dealkylation sites (tertiary alicyclic amines) is 1. The lowest BCUT2D eigenvalue weighted by molar-refractivity contribution is 0.0933. The van der Waals surface area contributed by atoms with Crippen LogP contribution in [0.2, 0.25) is 5.02 Å². The van der Waals surface area contributed by atoms with Crippen molar-refractivity contribution in [2.75, 3.05) is 26.2 Å². The number of hydrogen-bond acceptors (Lipinski definition) is 3. The highest BCUT2D eigenvalue weighted by molar-refractivity contribution is 6.30.